The number of ether oxygens (including phenoxy) is 2. The molecule has 52 heavy (non-hydrogen) atoms. The van der Waals surface area contributed by atoms with Crippen LogP contribution in [0.5, 0.6) is 11.5 Å². The fourth-order valence-corrected chi connectivity index (χ4v) is 8.30. The molecule has 4 aromatic rings. The number of hydrogen-bond donors (Lipinski definition) is 1. The molecule has 4 heterocycles. The van der Waals surface area contributed by atoms with E-state index in [0.717, 1.165) is 79.0 Å². The smallest absolute Gasteiger partial charge is 0.276 e. The molecule has 2 aliphatic heterocycles. The number of benzene rings is 2. The van der Waals surface area contributed by atoms with E-state index >= 15 is 0 Å². The molecule has 11 nitrogen and oxygen atoms in total. The molecule has 2 fully saturated rings. The van der Waals surface area contributed by atoms with Gasteiger partial charge in [-0.3, -0.25) is 24.5 Å². The first kappa shape index (κ1) is 35.5. The van der Waals surface area contributed by atoms with Gasteiger partial charge in [-0.2, -0.15) is 10.4 Å². The molecule has 1 amide bonds. The Balaban J connectivity index is 1.08. The van der Waals surface area contributed by atoms with Crippen molar-refractivity contribution in [2.75, 3.05) is 40.4 Å². The van der Waals surface area contributed by atoms with Crippen molar-refractivity contribution < 1.29 is 14.3 Å². The Labute approximate surface area is 305 Å². The number of methoxy groups -OCH3 is 2. The van der Waals surface area contributed by atoms with Crippen LogP contribution in [-0.4, -0.2) is 81.3 Å². The Hall–Kier alpha value is -4.92. The number of aromatic amines is 1. The summed E-state index contributed by atoms with van der Waals surface area (Å²) in [7, 11) is 5.13. The number of amides is 1. The normalized spacial score (nSPS) is 19.1. The van der Waals surface area contributed by atoms with Crippen LogP contribution in [-0.2, 0) is 31.4 Å². The molecule has 2 aromatic heterocycles. The van der Waals surface area contributed by atoms with Crippen molar-refractivity contribution in [1.29, 1.82) is 5.26 Å². The van der Waals surface area contributed by atoms with Crippen LogP contribution < -0.4 is 15.0 Å². The van der Waals surface area contributed by atoms with Gasteiger partial charge in [-0.25, -0.2) is 0 Å². The van der Waals surface area contributed by atoms with Gasteiger partial charge in [-0.1, -0.05) is 45.0 Å². The zero-order chi connectivity index (χ0) is 36.9. The molecule has 2 aromatic carbocycles. The fourth-order valence-electron chi connectivity index (χ4n) is 8.30. The number of hydrogen-bond acceptors (Lipinski definition) is 8. The minimum absolute atomic E-state index is 0.101. The van der Waals surface area contributed by atoms with E-state index in [0.29, 0.717) is 18.6 Å². The number of allylic oxidation sites excluding steroid dienone is 1. The highest BCUT2D eigenvalue weighted by atomic mass is 16.5. The predicted octanol–water partition coefficient (Wildman–Crippen LogP) is 5.74. The van der Waals surface area contributed by atoms with E-state index in [9.17, 15) is 14.9 Å². The maximum absolute atomic E-state index is 13.5. The molecule has 1 atom stereocenters. The topological polar surface area (TPSA) is 120 Å². The molecule has 1 N–H and O–H groups in total. The molecule has 11 heteroatoms. The molecular formula is C41H49N7O4. The van der Waals surface area contributed by atoms with Crippen LogP contribution in [0.1, 0.15) is 68.8 Å². The van der Waals surface area contributed by atoms with Crippen LogP contribution in [0.4, 0.5) is 0 Å². The first-order valence-electron chi connectivity index (χ1n) is 18.2. The lowest BCUT2D eigenvalue weighted by Crippen LogP contribution is -2.54. The van der Waals surface area contributed by atoms with Gasteiger partial charge in [0.1, 0.15) is 28.7 Å². The second-order valence-corrected chi connectivity index (χ2v) is 15.8. The Morgan fingerprint density at radius 3 is 2.50 bits per heavy atom. The molecule has 1 saturated heterocycles. The summed E-state index contributed by atoms with van der Waals surface area (Å²) in [4.78, 5) is 33.2. The maximum atomic E-state index is 13.5. The van der Waals surface area contributed by atoms with Crippen molar-refractivity contribution >= 4 is 16.8 Å². The number of nitrogens with zero attached hydrogens (tertiary/aromatic N) is 6. The van der Waals surface area contributed by atoms with Crippen LogP contribution in [0.15, 0.2) is 59.2 Å². The highest BCUT2D eigenvalue weighted by Crippen LogP contribution is 2.47. The summed E-state index contributed by atoms with van der Waals surface area (Å²) in [5.74, 6) is 1.32. The number of fused-ring (bicyclic) bond motifs is 2. The highest BCUT2D eigenvalue weighted by molar-refractivity contribution is 5.98. The Morgan fingerprint density at radius 1 is 1.12 bits per heavy atom. The fraction of sp³-hybridized carbons (Fsp3) is 0.463. The number of pyridine rings is 1. The summed E-state index contributed by atoms with van der Waals surface area (Å²) in [5.41, 5.74) is 7.08. The van der Waals surface area contributed by atoms with Gasteiger partial charge >= 0.3 is 0 Å². The largest absolute Gasteiger partial charge is 0.496 e. The standard InChI is InChI=1S/C41H49N7O4/c1-26-30-10-8-9-27(31(30)11-14-48(26)38(49)29(20-42)19-40(2,3)4)22-47-16-15-46(25-41(47)12-13-41)24-34-35(51-6)17-28(18-36(34)52-7)33-23-45(5)39(50)37-32(33)21-43-44-37/h8-10,17-19,21,23,26H,11-16,22,24-25H2,1-7H3,(H,43,44). The molecule has 0 radical (unpaired) electrons. The number of H-pyrrole nitrogens is 1. The summed E-state index contributed by atoms with van der Waals surface area (Å²) < 4.78 is 13.5. The zero-order valence-electron chi connectivity index (χ0n) is 31.4. The number of carbonyl (C=O) groups is 1. The summed E-state index contributed by atoms with van der Waals surface area (Å²) >= 11 is 0. The van der Waals surface area contributed by atoms with Crippen LogP contribution in [0.25, 0.3) is 22.0 Å². The first-order chi connectivity index (χ1) is 24.9. The number of nitriles is 1. The molecular weight excluding hydrogens is 654 g/mol. The molecule has 3 aliphatic rings. The zero-order valence-corrected chi connectivity index (χ0v) is 31.4. The molecule has 0 bridgehead atoms. The second-order valence-electron chi connectivity index (χ2n) is 15.8. The molecule has 1 saturated carbocycles. The number of aryl methyl sites for hydroxylation is 1. The molecule has 1 spiro atoms. The van der Waals surface area contributed by atoms with Crippen molar-refractivity contribution in [3.05, 3.63) is 87.0 Å². The van der Waals surface area contributed by atoms with Gasteiger partial charge in [0.2, 0.25) is 0 Å². The van der Waals surface area contributed by atoms with E-state index in [1.165, 1.54) is 16.7 Å². The van der Waals surface area contributed by atoms with Gasteiger partial charge in [-0.15, -0.1) is 0 Å². The molecule has 1 aliphatic carbocycles. The van der Waals surface area contributed by atoms with Gasteiger partial charge in [0.05, 0.1) is 32.0 Å². The Morgan fingerprint density at radius 2 is 1.85 bits per heavy atom. The van der Waals surface area contributed by atoms with E-state index in [1.54, 1.807) is 38.1 Å². The monoisotopic (exact) mass is 703 g/mol. The summed E-state index contributed by atoms with van der Waals surface area (Å²) in [6.45, 7) is 13.1. The number of rotatable bonds is 8. The SMILES string of the molecule is COc1cc(-c2cn(C)c(=O)c3[nH]ncc23)cc(OC)c1CN1CCN(Cc2cccc3c2CCN(C(=O)C(C#N)=CC(C)(C)C)C3C)C2(CC2)C1. The number of nitrogens with one attached hydrogen (secondary N) is 1. The highest BCUT2D eigenvalue weighted by Gasteiger charge is 2.51. The molecule has 7 rings (SSSR count). The van der Waals surface area contributed by atoms with E-state index in [1.807, 2.05) is 44.0 Å². The number of aromatic nitrogens is 3. The Bertz CT molecular complexity index is 2140. The van der Waals surface area contributed by atoms with Gasteiger partial charge in [-0.05, 0) is 66.0 Å². The van der Waals surface area contributed by atoms with Crippen LogP contribution in [0.2, 0.25) is 0 Å². The van der Waals surface area contributed by atoms with E-state index in [2.05, 4.69) is 51.2 Å². The average molecular weight is 704 g/mol. The Kier molecular flexibility index (Phi) is 9.26. The quantitative estimate of drug-likeness (QED) is 0.182. The van der Waals surface area contributed by atoms with Crippen molar-refractivity contribution in [1.82, 2.24) is 29.5 Å². The van der Waals surface area contributed by atoms with Crippen molar-refractivity contribution in [2.24, 2.45) is 12.5 Å². The third kappa shape index (κ3) is 6.50. The minimum Gasteiger partial charge on any atom is -0.496 e. The van der Waals surface area contributed by atoms with E-state index < -0.39 is 0 Å². The van der Waals surface area contributed by atoms with Crippen LogP contribution in [0, 0.1) is 16.7 Å². The third-order valence-electron chi connectivity index (χ3n) is 11.2. The minimum atomic E-state index is -0.254. The maximum Gasteiger partial charge on any atom is 0.276 e. The van der Waals surface area contributed by atoms with Crippen molar-refractivity contribution in [2.45, 2.75) is 71.6 Å². The summed E-state index contributed by atoms with van der Waals surface area (Å²) in [6.07, 6.45) is 8.42. The number of carbonyl (C=O) groups excluding carboxylic acids is 1. The molecule has 272 valence electrons. The van der Waals surface area contributed by atoms with Crippen molar-refractivity contribution in [3.8, 4) is 28.7 Å². The van der Waals surface area contributed by atoms with Gasteiger partial charge in [0, 0.05) is 69.0 Å². The lowest BCUT2D eigenvalue weighted by atomic mass is 9.88. The van der Waals surface area contributed by atoms with Gasteiger partial charge in [0.15, 0.2) is 0 Å². The number of piperazine rings is 1. The van der Waals surface area contributed by atoms with Crippen LogP contribution in [0.3, 0.4) is 0 Å². The first-order valence-corrected chi connectivity index (χ1v) is 18.2. The van der Waals surface area contributed by atoms with Crippen LogP contribution >= 0.6 is 0 Å². The van der Waals surface area contributed by atoms with Crippen molar-refractivity contribution in [3.63, 3.8) is 0 Å². The predicted molar refractivity (Wildman–Crippen MR) is 201 cm³/mol. The average Bonchev–Trinajstić information content (AvgIpc) is 3.70. The summed E-state index contributed by atoms with van der Waals surface area (Å²) in [6, 6.07) is 12.7. The lowest BCUT2D eigenvalue weighted by molar-refractivity contribution is -0.129. The third-order valence-corrected chi connectivity index (χ3v) is 11.2. The molecule has 1 unspecified atom stereocenters. The second kappa shape index (κ2) is 13.6. The van der Waals surface area contributed by atoms with Gasteiger partial charge < -0.3 is 18.9 Å². The van der Waals surface area contributed by atoms with E-state index in [4.69, 9.17) is 9.47 Å². The summed E-state index contributed by atoms with van der Waals surface area (Å²) in [5, 5.41) is 17.5. The van der Waals surface area contributed by atoms with E-state index in [-0.39, 0.29) is 34.0 Å². The van der Waals surface area contributed by atoms with Gasteiger partial charge in [0.25, 0.3) is 11.5 Å². The lowest BCUT2D eigenvalue weighted by Gasteiger charge is -2.43.